The Labute approximate surface area is 165 Å². The van der Waals surface area contributed by atoms with Crippen molar-refractivity contribution in [2.24, 2.45) is 0 Å². The van der Waals surface area contributed by atoms with E-state index >= 15 is 0 Å². The Morgan fingerprint density at radius 3 is 2.29 bits per heavy atom. The lowest BCUT2D eigenvalue weighted by atomic mass is 10.1. The van der Waals surface area contributed by atoms with E-state index in [0.717, 1.165) is 37.4 Å². The molecule has 1 saturated carbocycles. The van der Waals surface area contributed by atoms with Crippen LogP contribution in [0.25, 0.3) is 0 Å². The Morgan fingerprint density at radius 1 is 0.964 bits per heavy atom. The third-order valence-corrected chi connectivity index (χ3v) is 5.29. The second kappa shape index (κ2) is 7.92. The highest BCUT2D eigenvalue weighted by molar-refractivity contribution is 6.00. The van der Waals surface area contributed by atoms with E-state index in [1.165, 1.54) is 0 Å². The van der Waals surface area contributed by atoms with Crippen molar-refractivity contribution in [2.45, 2.75) is 18.9 Å². The number of anilines is 1. The SMILES string of the molecule is COc1ccc(N2CCN(C(=O)c3cccc(C(=O)NC4CC4)c3)CC2)cc1. The number of carbonyl (C=O) groups is 2. The number of hydrogen-bond acceptors (Lipinski definition) is 4. The van der Waals surface area contributed by atoms with Gasteiger partial charge in [-0.25, -0.2) is 0 Å². The Balaban J connectivity index is 1.37. The number of amides is 2. The molecule has 6 heteroatoms. The molecule has 2 aromatic carbocycles. The molecule has 0 spiro atoms. The Morgan fingerprint density at radius 2 is 1.64 bits per heavy atom. The molecule has 2 aromatic rings. The van der Waals surface area contributed by atoms with Crippen LogP contribution in [0.3, 0.4) is 0 Å². The van der Waals surface area contributed by atoms with Gasteiger partial charge < -0.3 is 19.9 Å². The van der Waals surface area contributed by atoms with Gasteiger partial charge in [-0.05, 0) is 55.3 Å². The molecule has 28 heavy (non-hydrogen) atoms. The van der Waals surface area contributed by atoms with Gasteiger partial charge in [0.05, 0.1) is 7.11 Å². The number of hydrogen-bond donors (Lipinski definition) is 1. The van der Waals surface area contributed by atoms with E-state index in [0.29, 0.717) is 30.3 Å². The number of carbonyl (C=O) groups excluding carboxylic acids is 2. The molecule has 2 amide bonds. The third kappa shape index (κ3) is 4.11. The molecule has 0 radical (unpaired) electrons. The number of nitrogens with one attached hydrogen (secondary N) is 1. The lowest BCUT2D eigenvalue weighted by Crippen LogP contribution is -2.48. The van der Waals surface area contributed by atoms with Crippen LogP contribution in [0.5, 0.6) is 5.75 Å². The van der Waals surface area contributed by atoms with Crippen LogP contribution in [0, 0.1) is 0 Å². The molecule has 6 nitrogen and oxygen atoms in total. The van der Waals surface area contributed by atoms with Gasteiger partial charge in [0.15, 0.2) is 0 Å². The third-order valence-electron chi connectivity index (χ3n) is 5.29. The minimum atomic E-state index is -0.0959. The summed E-state index contributed by atoms with van der Waals surface area (Å²) in [6.07, 6.45) is 2.09. The van der Waals surface area contributed by atoms with Gasteiger partial charge in [-0.3, -0.25) is 9.59 Å². The second-order valence-electron chi connectivity index (χ2n) is 7.31. The van der Waals surface area contributed by atoms with Crippen LogP contribution in [0.2, 0.25) is 0 Å². The number of nitrogens with zero attached hydrogens (tertiary/aromatic N) is 2. The summed E-state index contributed by atoms with van der Waals surface area (Å²) >= 11 is 0. The fraction of sp³-hybridized carbons (Fsp3) is 0.364. The van der Waals surface area contributed by atoms with Crippen molar-refractivity contribution in [3.05, 3.63) is 59.7 Å². The summed E-state index contributed by atoms with van der Waals surface area (Å²) in [6.45, 7) is 2.87. The van der Waals surface area contributed by atoms with Gasteiger partial charge in [-0.1, -0.05) is 6.07 Å². The number of benzene rings is 2. The fourth-order valence-corrected chi connectivity index (χ4v) is 3.43. The van der Waals surface area contributed by atoms with Crippen LogP contribution in [0.15, 0.2) is 48.5 Å². The zero-order valence-corrected chi connectivity index (χ0v) is 16.1. The van der Waals surface area contributed by atoms with E-state index in [1.807, 2.05) is 29.2 Å². The van der Waals surface area contributed by atoms with E-state index in [2.05, 4.69) is 10.2 Å². The summed E-state index contributed by atoms with van der Waals surface area (Å²) in [4.78, 5) is 29.3. The molecule has 1 aliphatic carbocycles. The van der Waals surface area contributed by atoms with Crippen molar-refractivity contribution >= 4 is 17.5 Å². The Bertz CT molecular complexity index is 854. The first kappa shape index (κ1) is 18.3. The molecule has 2 fully saturated rings. The minimum absolute atomic E-state index is 0.0181. The van der Waals surface area contributed by atoms with E-state index < -0.39 is 0 Å². The van der Waals surface area contributed by atoms with E-state index in [1.54, 1.807) is 31.4 Å². The molecule has 4 rings (SSSR count). The van der Waals surface area contributed by atoms with Crippen molar-refractivity contribution in [3.8, 4) is 5.75 Å². The van der Waals surface area contributed by atoms with Crippen molar-refractivity contribution in [2.75, 3.05) is 38.2 Å². The van der Waals surface area contributed by atoms with E-state index in [9.17, 15) is 9.59 Å². The molecule has 0 aromatic heterocycles. The van der Waals surface area contributed by atoms with Crippen molar-refractivity contribution in [1.29, 1.82) is 0 Å². The maximum absolute atomic E-state index is 12.9. The van der Waals surface area contributed by atoms with Gasteiger partial charge in [0, 0.05) is 49.0 Å². The quantitative estimate of drug-likeness (QED) is 0.867. The highest BCUT2D eigenvalue weighted by Gasteiger charge is 2.25. The molecule has 0 atom stereocenters. The maximum atomic E-state index is 12.9. The average Bonchev–Trinajstić information content (AvgIpc) is 3.57. The molecule has 1 aliphatic heterocycles. The van der Waals surface area contributed by atoms with E-state index in [-0.39, 0.29) is 11.8 Å². The van der Waals surface area contributed by atoms with Crippen molar-refractivity contribution < 1.29 is 14.3 Å². The summed E-state index contributed by atoms with van der Waals surface area (Å²) in [7, 11) is 1.66. The van der Waals surface area contributed by atoms with E-state index in [4.69, 9.17) is 4.74 Å². The van der Waals surface area contributed by atoms with Gasteiger partial charge in [-0.15, -0.1) is 0 Å². The topological polar surface area (TPSA) is 61.9 Å². The molecule has 1 heterocycles. The molecule has 1 saturated heterocycles. The lowest BCUT2D eigenvalue weighted by Gasteiger charge is -2.36. The first-order valence-electron chi connectivity index (χ1n) is 9.73. The molecule has 2 aliphatic rings. The zero-order valence-electron chi connectivity index (χ0n) is 16.1. The summed E-state index contributed by atoms with van der Waals surface area (Å²) in [5.41, 5.74) is 2.25. The standard InChI is InChI=1S/C22H25N3O3/c1-28-20-9-7-19(8-10-20)24-11-13-25(14-12-24)22(27)17-4-2-3-16(15-17)21(26)23-18-5-6-18/h2-4,7-10,15,18H,5-6,11-14H2,1H3,(H,23,26). The van der Waals surface area contributed by atoms with Gasteiger partial charge in [-0.2, -0.15) is 0 Å². The largest absolute Gasteiger partial charge is 0.497 e. The number of methoxy groups -OCH3 is 1. The van der Waals surface area contributed by atoms with Crippen LogP contribution in [-0.2, 0) is 0 Å². The predicted molar refractivity (Wildman–Crippen MR) is 108 cm³/mol. The first-order chi connectivity index (χ1) is 13.6. The fourth-order valence-electron chi connectivity index (χ4n) is 3.43. The van der Waals surface area contributed by atoms with Crippen LogP contribution in [0.4, 0.5) is 5.69 Å². The van der Waals surface area contributed by atoms with Crippen LogP contribution in [0.1, 0.15) is 33.6 Å². The highest BCUT2D eigenvalue weighted by atomic mass is 16.5. The average molecular weight is 379 g/mol. The minimum Gasteiger partial charge on any atom is -0.497 e. The van der Waals surface area contributed by atoms with Gasteiger partial charge in [0.1, 0.15) is 5.75 Å². The van der Waals surface area contributed by atoms with Crippen molar-refractivity contribution in [1.82, 2.24) is 10.2 Å². The van der Waals surface area contributed by atoms with Crippen LogP contribution in [-0.4, -0.2) is 56.0 Å². The first-order valence-corrected chi connectivity index (χ1v) is 9.73. The number of piperazine rings is 1. The molecule has 146 valence electrons. The van der Waals surface area contributed by atoms with Crippen molar-refractivity contribution in [3.63, 3.8) is 0 Å². The summed E-state index contributed by atoms with van der Waals surface area (Å²) in [5.74, 6) is 0.722. The second-order valence-corrected chi connectivity index (χ2v) is 7.31. The molecular formula is C22H25N3O3. The van der Waals surface area contributed by atoms with Crippen LogP contribution < -0.4 is 15.0 Å². The number of rotatable bonds is 5. The summed E-state index contributed by atoms with van der Waals surface area (Å²) in [6, 6.07) is 15.3. The Hall–Kier alpha value is -3.02. The summed E-state index contributed by atoms with van der Waals surface area (Å²) in [5, 5.41) is 2.97. The van der Waals surface area contributed by atoms with Crippen LogP contribution >= 0.6 is 0 Å². The van der Waals surface area contributed by atoms with Gasteiger partial charge >= 0.3 is 0 Å². The maximum Gasteiger partial charge on any atom is 0.253 e. The van der Waals surface area contributed by atoms with Gasteiger partial charge in [0.2, 0.25) is 0 Å². The normalized spacial score (nSPS) is 16.6. The summed E-state index contributed by atoms with van der Waals surface area (Å²) < 4.78 is 5.21. The molecular weight excluding hydrogens is 354 g/mol. The zero-order chi connectivity index (χ0) is 19.5. The highest BCUT2D eigenvalue weighted by Crippen LogP contribution is 2.22. The monoisotopic (exact) mass is 379 g/mol. The molecule has 0 bridgehead atoms. The van der Waals surface area contributed by atoms with Gasteiger partial charge in [0.25, 0.3) is 11.8 Å². The Kier molecular flexibility index (Phi) is 5.19. The molecule has 0 unspecified atom stereocenters. The molecule has 1 N–H and O–H groups in total. The predicted octanol–water partition coefficient (Wildman–Crippen LogP) is 2.55. The number of ether oxygens (including phenoxy) is 1. The smallest absolute Gasteiger partial charge is 0.253 e. The lowest BCUT2D eigenvalue weighted by molar-refractivity contribution is 0.0747.